The Morgan fingerprint density at radius 2 is 1.59 bits per heavy atom. The van der Waals surface area contributed by atoms with Gasteiger partial charge in [0, 0.05) is 35.2 Å². The number of benzene rings is 2. The zero-order valence-corrected chi connectivity index (χ0v) is 11.8. The molecule has 0 aromatic heterocycles. The van der Waals surface area contributed by atoms with Crippen LogP contribution in [0.2, 0.25) is 0 Å². The van der Waals surface area contributed by atoms with E-state index in [4.69, 9.17) is 4.74 Å². The molecule has 0 fully saturated rings. The first-order valence-corrected chi connectivity index (χ1v) is 6.79. The van der Waals surface area contributed by atoms with E-state index >= 15 is 0 Å². The Kier molecular flexibility index (Phi) is 3.26. The number of aliphatic hydroxyl groups is 1. The van der Waals surface area contributed by atoms with Crippen LogP contribution in [0.4, 0.5) is 0 Å². The van der Waals surface area contributed by atoms with Gasteiger partial charge in [0.2, 0.25) is 0 Å². The summed E-state index contributed by atoms with van der Waals surface area (Å²) in [5.74, 6) is -0.249. The lowest BCUT2D eigenvalue weighted by atomic mass is 9.93. The number of hydrogen-bond acceptors (Lipinski definition) is 6. The lowest BCUT2D eigenvalue weighted by Crippen LogP contribution is -2.30. The second kappa shape index (κ2) is 4.99. The number of hydrogen-bond donors (Lipinski definition) is 5. The van der Waals surface area contributed by atoms with Gasteiger partial charge in [-0.1, -0.05) is 0 Å². The van der Waals surface area contributed by atoms with Crippen LogP contribution in [0.5, 0.6) is 28.7 Å². The summed E-state index contributed by atoms with van der Waals surface area (Å²) in [4.78, 5) is 0. The van der Waals surface area contributed by atoms with Crippen molar-refractivity contribution < 1.29 is 30.3 Å². The number of ether oxygens (including phenoxy) is 1. The van der Waals surface area contributed by atoms with Gasteiger partial charge in [0.1, 0.15) is 28.7 Å². The van der Waals surface area contributed by atoms with Crippen LogP contribution in [0.15, 0.2) is 24.3 Å². The van der Waals surface area contributed by atoms with Crippen LogP contribution in [0, 0.1) is 6.92 Å². The first-order chi connectivity index (χ1) is 10.4. The molecule has 1 heterocycles. The molecule has 0 bridgehead atoms. The third-order valence-electron chi connectivity index (χ3n) is 3.89. The number of phenolic OH excluding ortho intramolecular Hbond substituents is 4. The topological polar surface area (TPSA) is 110 Å². The molecule has 5 N–H and O–H groups in total. The molecule has 0 saturated carbocycles. The van der Waals surface area contributed by atoms with E-state index in [1.165, 1.54) is 24.3 Å². The van der Waals surface area contributed by atoms with Crippen LogP contribution in [-0.2, 0) is 6.42 Å². The molecule has 0 saturated heterocycles. The molecule has 0 unspecified atom stereocenters. The maximum Gasteiger partial charge on any atom is 0.150 e. The molecule has 3 rings (SSSR count). The van der Waals surface area contributed by atoms with Gasteiger partial charge in [-0.05, 0) is 19.1 Å². The quantitative estimate of drug-likeness (QED) is 0.550. The highest BCUT2D eigenvalue weighted by Gasteiger charge is 2.32. The summed E-state index contributed by atoms with van der Waals surface area (Å²) in [6.45, 7) is 1.57. The Bertz CT molecular complexity index is 717. The average Bonchev–Trinajstić information content (AvgIpc) is 2.44. The second-order valence-electron chi connectivity index (χ2n) is 5.44. The van der Waals surface area contributed by atoms with Crippen molar-refractivity contribution in [2.24, 2.45) is 0 Å². The van der Waals surface area contributed by atoms with Crippen LogP contribution < -0.4 is 4.74 Å². The maximum atomic E-state index is 10.3. The Labute approximate surface area is 126 Å². The number of rotatable bonds is 1. The summed E-state index contributed by atoms with van der Waals surface area (Å²) in [7, 11) is 0. The van der Waals surface area contributed by atoms with E-state index in [1.54, 1.807) is 6.92 Å². The highest BCUT2D eigenvalue weighted by atomic mass is 16.5. The minimum atomic E-state index is -0.968. The number of fused-ring (bicyclic) bond motifs is 1. The molecule has 0 spiro atoms. The molecule has 0 radical (unpaired) electrons. The minimum Gasteiger partial charge on any atom is -0.508 e. The summed E-state index contributed by atoms with van der Waals surface area (Å²) in [5, 5.41) is 49.2. The molecule has 0 aliphatic carbocycles. The standard InChI is InChI=1S/C16H16O6/c1-7-11(18)2-8(3-12(7)19)16-14(21)6-10-13(20)4-9(17)5-15(10)22-16/h2-5,14,16-21H,6H2,1H3/t14-,16+/m0/s1. The Morgan fingerprint density at radius 1 is 0.955 bits per heavy atom. The van der Waals surface area contributed by atoms with Crippen molar-refractivity contribution in [2.45, 2.75) is 25.6 Å². The zero-order valence-electron chi connectivity index (χ0n) is 11.8. The van der Waals surface area contributed by atoms with E-state index in [1.807, 2.05) is 0 Å². The SMILES string of the molecule is Cc1c(O)cc([C@H]2Oc3cc(O)cc(O)c3C[C@@H]2O)cc1O. The molecule has 1 aliphatic heterocycles. The Balaban J connectivity index is 2.03. The van der Waals surface area contributed by atoms with Gasteiger partial charge in [0.25, 0.3) is 0 Å². The van der Waals surface area contributed by atoms with E-state index < -0.39 is 12.2 Å². The van der Waals surface area contributed by atoms with Crippen LogP contribution in [-0.4, -0.2) is 31.6 Å². The lowest BCUT2D eigenvalue weighted by molar-refractivity contribution is 0.0196. The first-order valence-electron chi connectivity index (χ1n) is 6.79. The summed E-state index contributed by atoms with van der Waals surface area (Å²) in [6, 6.07) is 5.35. The Hall–Kier alpha value is -2.60. The number of phenols is 4. The van der Waals surface area contributed by atoms with Crippen molar-refractivity contribution in [1.82, 2.24) is 0 Å². The molecular weight excluding hydrogens is 288 g/mol. The van der Waals surface area contributed by atoms with E-state index in [2.05, 4.69) is 0 Å². The highest BCUT2D eigenvalue weighted by Crippen LogP contribution is 2.43. The predicted octanol–water partition coefficient (Wildman–Crippen LogP) is 1.85. The van der Waals surface area contributed by atoms with Gasteiger partial charge < -0.3 is 30.3 Å². The summed E-state index contributed by atoms with van der Waals surface area (Å²) < 4.78 is 5.65. The first kappa shape index (κ1) is 14.3. The van der Waals surface area contributed by atoms with Crippen molar-refractivity contribution in [3.63, 3.8) is 0 Å². The molecule has 1 aliphatic rings. The minimum absolute atomic E-state index is 0.102. The number of aromatic hydroxyl groups is 4. The lowest BCUT2D eigenvalue weighted by Gasteiger charge is -2.31. The van der Waals surface area contributed by atoms with Crippen LogP contribution in [0.25, 0.3) is 0 Å². The van der Waals surface area contributed by atoms with Gasteiger partial charge in [-0.15, -0.1) is 0 Å². The molecule has 2 aromatic carbocycles. The van der Waals surface area contributed by atoms with Crippen molar-refractivity contribution in [2.75, 3.05) is 0 Å². The van der Waals surface area contributed by atoms with Gasteiger partial charge in [-0.25, -0.2) is 0 Å². The van der Waals surface area contributed by atoms with Gasteiger partial charge in [0.05, 0.1) is 6.10 Å². The number of aliphatic hydroxyl groups excluding tert-OH is 1. The van der Waals surface area contributed by atoms with Crippen LogP contribution >= 0.6 is 0 Å². The molecule has 116 valence electrons. The molecule has 6 heteroatoms. The summed E-state index contributed by atoms with van der Waals surface area (Å²) in [6.07, 6.45) is -1.67. The van der Waals surface area contributed by atoms with Gasteiger partial charge in [-0.3, -0.25) is 0 Å². The molecule has 2 aromatic rings. The van der Waals surface area contributed by atoms with Gasteiger partial charge in [0.15, 0.2) is 6.10 Å². The monoisotopic (exact) mass is 304 g/mol. The molecule has 6 nitrogen and oxygen atoms in total. The van der Waals surface area contributed by atoms with Crippen molar-refractivity contribution in [1.29, 1.82) is 0 Å². The van der Waals surface area contributed by atoms with E-state index in [0.29, 0.717) is 16.7 Å². The zero-order chi connectivity index (χ0) is 16.0. The summed E-state index contributed by atoms with van der Waals surface area (Å²) in [5.41, 5.74) is 1.15. The second-order valence-corrected chi connectivity index (χ2v) is 5.44. The fraction of sp³-hybridized carbons (Fsp3) is 0.250. The molecule has 22 heavy (non-hydrogen) atoms. The van der Waals surface area contributed by atoms with Crippen LogP contribution in [0.1, 0.15) is 22.8 Å². The average molecular weight is 304 g/mol. The van der Waals surface area contributed by atoms with E-state index in [0.717, 1.165) is 0 Å². The third-order valence-corrected chi connectivity index (χ3v) is 3.89. The van der Waals surface area contributed by atoms with Gasteiger partial charge in [-0.2, -0.15) is 0 Å². The van der Waals surface area contributed by atoms with Gasteiger partial charge >= 0.3 is 0 Å². The largest absolute Gasteiger partial charge is 0.508 e. The summed E-state index contributed by atoms with van der Waals surface area (Å²) >= 11 is 0. The van der Waals surface area contributed by atoms with Crippen molar-refractivity contribution in [3.05, 3.63) is 41.0 Å². The smallest absolute Gasteiger partial charge is 0.150 e. The molecule has 0 amide bonds. The third kappa shape index (κ3) is 2.27. The molecule has 2 atom stereocenters. The molecular formula is C16H16O6. The van der Waals surface area contributed by atoms with Crippen molar-refractivity contribution >= 4 is 0 Å². The van der Waals surface area contributed by atoms with Crippen molar-refractivity contribution in [3.8, 4) is 28.7 Å². The van der Waals surface area contributed by atoms with E-state index in [-0.39, 0.29) is 35.2 Å². The fourth-order valence-electron chi connectivity index (χ4n) is 2.62. The highest BCUT2D eigenvalue weighted by molar-refractivity contribution is 5.52. The Morgan fingerprint density at radius 3 is 2.23 bits per heavy atom. The van der Waals surface area contributed by atoms with Crippen LogP contribution in [0.3, 0.4) is 0 Å². The predicted molar refractivity (Wildman–Crippen MR) is 77.4 cm³/mol. The van der Waals surface area contributed by atoms with E-state index in [9.17, 15) is 25.5 Å². The fourth-order valence-corrected chi connectivity index (χ4v) is 2.62. The maximum absolute atomic E-state index is 10.3. The normalized spacial score (nSPS) is 20.3.